The molecule has 15 heavy (non-hydrogen) atoms. The Morgan fingerprint density at radius 3 is 2.60 bits per heavy atom. The van der Waals surface area contributed by atoms with Crippen molar-refractivity contribution < 1.29 is 0 Å². The minimum atomic E-state index is 0.366. The molecular weight excluding hydrogens is 204 g/mol. The molecule has 0 aliphatic carbocycles. The predicted octanol–water partition coefficient (Wildman–Crippen LogP) is 2.71. The minimum Gasteiger partial charge on any atom is -0.360 e. The van der Waals surface area contributed by atoms with E-state index in [0.29, 0.717) is 6.04 Å². The van der Waals surface area contributed by atoms with Gasteiger partial charge in [-0.25, -0.2) is 0 Å². The number of aryl methyl sites for hydroxylation is 1. The van der Waals surface area contributed by atoms with Gasteiger partial charge in [-0.2, -0.15) is 0 Å². The maximum atomic E-state index is 5.29. The quantitative estimate of drug-likeness (QED) is 0.775. The summed E-state index contributed by atoms with van der Waals surface area (Å²) in [5.74, 6) is 0. The number of thiocarbonyl (C=S) groups is 1. The zero-order valence-electron chi connectivity index (χ0n) is 9.74. The molecule has 82 valence electrons. The average Bonchev–Trinajstić information content (AvgIpc) is 2.15. The summed E-state index contributed by atoms with van der Waals surface area (Å²) >= 11 is 5.29. The molecule has 1 aromatic rings. The number of nitrogens with zero attached hydrogens (tertiary/aromatic N) is 1. The zero-order chi connectivity index (χ0) is 11.4. The third-order valence-corrected chi connectivity index (χ3v) is 2.50. The van der Waals surface area contributed by atoms with Crippen molar-refractivity contribution in [2.75, 3.05) is 11.9 Å². The monoisotopic (exact) mass is 222 g/mol. The Morgan fingerprint density at radius 2 is 2.07 bits per heavy atom. The van der Waals surface area contributed by atoms with Crippen LogP contribution in [0.1, 0.15) is 19.4 Å². The molecule has 0 bridgehead atoms. The van der Waals surface area contributed by atoms with E-state index in [-0.39, 0.29) is 0 Å². The van der Waals surface area contributed by atoms with Crippen LogP contribution in [0.15, 0.2) is 24.3 Å². The molecule has 0 saturated carbocycles. The van der Waals surface area contributed by atoms with Crippen LogP contribution in [0.25, 0.3) is 0 Å². The second kappa shape index (κ2) is 5.12. The zero-order valence-corrected chi connectivity index (χ0v) is 10.6. The highest BCUT2D eigenvalue weighted by Crippen LogP contribution is 2.14. The lowest BCUT2D eigenvalue weighted by Gasteiger charge is -2.23. The summed E-state index contributed by atoms with van der Waals surface area (Å²) in [4.78, 5) is 1.99. The lowest BCUT2D eigenvalue weighted by Crippen LogP contribution is -2.40. The van der Waals surface area contributed by atoms with E-state index in [0.717, 1.165) is 10.8 Å². The van der Waals surface area contributed by atoms with Gasteiger partial charge in [-0.15, -0.1) is 0 Å². The first kappa shape index (κ1) is 12.0. The summed E-state index contributed by atoms with van der Waals surface area (Å²) in [6.45, 7) is 6.24. The molecule has 0 spiro atoms. The Hall–Kier alpha value is -1.09. The second-order valence-corrected chi connectivity index (χ2v) is 4.39. The molecule has 0 fully saturated rings. The average molecular weight is 222 g/mol. The van der Waals surface area contributed by atoms with Gasteiger partial charge in [0.05, 0.1) is 0 Å². The van der Waals surface area contributed by atoms with Crippen LogP contribution in [0.5, 0.6) is 0 Å². The van der Waals surface area contributed by atoms with Gasteiger partial charge in [0, 0.05) is 18.8 Å². The van der Waals surface area contributed by atoms with E-state index in [4.69, 9.17) is 12.2 Å². The van der Waals surface area contributed by atoms with Crippen molar-refractivity contribution >= 4 is 23.0 Å². The number of hydrogen-bond acceptors (Lipinski definition) is 1. The summed E-state index contributed by atoms with van der Waals surface area (Å²) in [7, 11) is 1.98. The van der Waals surface area contributed by atoms with Crippen LogP contribution in [0, 0.1) is 6.92 Å². The van der Waals surface area contributed by atoms with Crippen molar-refractivity contribution in [3.05, 3.63) is 29.8 Å². The fourth-order valence-electron chi connectivity index (χ4n) is 1.30. The van der Waals surface area contributed by atoms with E-state index in [2.05, 4.69) is 44.3 Å². The van der Waals surface area contributed by atoms with Crippen LogP contribution in [0.3, 0.4) is 0 Å². The Bertz CT molecular complexity index is 347. The lowest BCUT2D eigenvalue weighted by atomic mass is 10.2. The first-order valence-electron chi connectivity index (χ1n) is 5.11. The van der Waals surface area contributed by atoms with Crippen molar-refractivity contribution in [3.8, 4) is 0 Å². The highest BCUT2D eigenvalue weighted by atomic mass is 32.1. The third-order valence-electron chi connectivity index (χ3n) is 2.11. The normalized spacial score (nSPS) is 10.2. The number of rotatable bonds is 2. The molecule has 1 N–H and O–H groups in total. The molecule has 0 aliphatic rings. The smallest absolute Gasteiger partial charge is 0.173 e. The molecule has 0 radical (unpaired) electrons. The first-order chi connectivity index (χ1) is 7.00. The van der Waals surface area contributed by atoms with Crippen LogP contribution in [-0.4, -0.2) is 18.2 Å². The van der Waals surface area contributed by atoms with Gasteiger partial charge in [-0.05, 0) is 50.7 Å². The van der Waals surface area contributed by atoms with Crippen LogP contribution in [0.2, 0.25) is 0 Å². The number of benzene rings is 1. The van der Waals surface area contributed by atoms with Crippen molar-refractivity contribution in [2.45, 2.75) is 26.8 Å². The van der Waals surface area contributed by atoms with Gasteiger partial charge in [0.25, 0.3) is 0 Å². The highest BCUT2D eigenvalue weighted by molar-refractivity contribution is 7.80. The van der Waals surface area contributed by atoms with Gasteiger partial charge < -0.3 is 10.2 Å². The van der Waals surface area contributed by atoms with Crippen LogP contribution in [-0.2, 0) is 0 Å². The molecule has 3 heteroatoms. The molecule has 2 nitrogen and oxygen atoms in total. The molecule has 0 saturated heterocycles. The maximum Gasteiger partial charge on any atom is 0.173 e. The van der Waals surface area contributed by atoms with E-state index < -0.39 is 0 Å². The summed E-state index contributed by atoms with van der Waals surface area (Å²) in [5.41, 5.74) is 2.36. The van der Waals surface area contributed by atoms with Crippen molar-refractivity contribution in [1.29, 1.82) is 0 Å². The molecule has 0 unspecified atom stereocenters. The largest absolute Gasteiger partial charge is 0.360 e. The van der Waals surface area contributed by atoms with Gasteiger partial charge in [-0.1, -0.05) is 12.1 Å². The standard InChI is InChI=1S/C12H18N2S/c1-9(2)13-12(15)14(4)11-7-5-6-10(3)8-11/h5-9H,1-4H3,(H,13,15). The van der Waals surface area contributed by atoms with Gasteiger partial charge in [0.1, 0.15) is 0 Å². The number of nitrogens with one attached hydrogen (secondary N) is 1. The topological polar surface area (TPSA) is 15.3 Å². The van der Waals surface area contributed by atoms with E-state index >= 15 is 0 Å². The van der Waals surface area contributed by atoms with Gasteiger partial charge in [-0.3, -0.25) is 0 Å². The summed E-state index contributed by atoms with van der Waals surface area (Å²) in [6.07, 6.45) is 0. The fourth-order valence-corrected chi connectivity index (χ4v) is 1.64. The molecule has 0 aromatic heterocycles. The summed E-state index contributed by atoms with van der Waals surface area (Å²) < 4.78 is 0. The van der Waals surface area contributed by atoms with Gasteiger partial charge >= 0.3 is 0 Å². The van der Waals surface area contributed by atoms with Crippen LogP contribution in [0.4, 0.5) is 5.69 Å². The second-order valence-electron chi connectivity index (χ2n) is 4.00. The molecule has 1 aromatic carbocycles. The first-order valence-corrected chi connectivity index (χ1v) is 5.52. The Labute approximate surface area is 97.3 Å². The SMILES string of the molecule is Cc1cccc(N(C)C(=S)NC(C)C)c1. The van der Waals surface area contributed by atoms with Gasteiger partial charge in [0.15, 0.2) is 5.11 Å². The fraction of sp³-hybridized carbons (Fsp3) is 0.417. The molecule has 0 heterocycles. The van der Waals surface area contributed by atoms with Crippen molar-refractivity contribution in [2.24, 2.45) is 0 Å². The summed E-state index contributed by atoms with van der Waals surface area (Å²) in [6, 6.07) is 8.66. The Morgan fingerprint density at radius 1 is 1.40 bits per heavy atom. The van der Waals surface area contributed by atoms with E-state index in [9.17, 15) is 0 Å². The minimum absolute atomic E-state index is 0.366. The van der Waals surface area contributed by atoms with Crippen molar-refractivity contribution in [3.63, 3.8) is 0 Å². The Kier molecular flexibility index (Phi) is 4.09. The number of hydrogen-bond donors (Lipinski definition) is 1. The maximum absolute atomic E-state index is 5.29. The van der Waals surface area contributed by atoms with E-state index in [1.165, 1.54) is 5.56 Å². The summed E-state index contributed by atoms with van der Waals surface area (Å²) in [5, 5.41) is 3.98. The Balaban J connectivity index is 2.76. The molecule has 1 rings (SSSR count). The lowest BCUT2D eigenvalue weighted by molar-refractivity contribution is 0.732. The van der Waals surface area contributed by atoms with Crippen LogP contribution < -0.4 is 10.2 Å². The van der Waals surface area contributed by atoms with Crippen molar-refractivity contribution in [1.82, 2.24) is 5.32 Å². The van der Waals surface area contributed by atoms with Gasteiger partial charge in [0.2, 0.25) is 0 Å². The number of anilines is 1. The molecule has 0 amide bonds. The van der Waals surface area contributed by atoms with E-state index in [1.807, 2.05) is 18.0 Å². The molecule has 0 atom stereocenters. The molecular formula is C12H18N2S. The predicted molar refractivity (Wildman–Crippen MR) is 70.5 cm³/mol. The van der Waals surface area contributed by atoms with E-state index in [1.54, 1.807) is 0 Å². The molecule has 0 aliphatic heterocycles. The van der Waals surface area contributed by atoms with Crippen LogP contribution >= 0.6 is 12.2 Å². The highest BCUT2D eigenvalue weighted by Gasteiger charge is 2.07. The third kappa shape index (κ3) is 3.51.